The van der Waals surface area contributed by atoms with Gasteiger partial charge in [0.05, 0.1) is 12.1 Å². The Bertz CT molecular complexity index is 430. The van der Waals surface area contributed by atoms with Crippen LogP contribution in [-0.2, 0) is 11.2 Å². The van der Waals surface area contributed by atoms with Gasteiger partial charge in [0, 0.05) is 19.4 Å². The minimum Gasteiger partial charge on any atom is -0.390 e. The fourth-order valence-electron chi connectivity index (χ4n) is 2.89. The van der Waals surface area contributed by atoms with Crippen LogP contribution >= 0.6 is 0 Å². The molecular weight excluding hydrogens is 202 g/mol. The molecule has 3 nitrogen and oxygen atoms in total. The summed E-state index contributed by atoms with van der Waals surface area (Å²) in [5, 5.41) is 10.1. The summed E-state index contributed by atoms with van der Waals surface area (Å²) >= 11 is 0. The highest BCUT2D eigenvalue weighted by Gasteiger charge is 2.38. The van der Waals surface area contributed by atoms with E-state index >= 15 is 0 Å². The van der Waals surface area contributed by atoms with Crippen molar-refractivity contribution in [3.63, 3.8) is 0 Å². The maximum atomic E-state index is 11.7. The number of fused-ring (bicyclic) bond motifs is 1. The summed E-state index contributed by atoms with van der Waals surface area (Å²) in [7, 11) is 0. The van der Waals surface area contributed by atoms with E-state index in [0.717, 1.165) is 18.5 Å². The van der Waals surface area contributed by atoms with Crippen molar-refractivity contribution in [2.24, 2.45) is 0 Å². The molecule has 0 saturated carbocycles. The van der Waals surface area contributed by atoms with Gasteiger partial charge in [0.25, 0.3) is 0 Å². The molecule has 1 aliphatic heterocycles. The molecule has 1 aliphatic carbocycles. The van der Waals surface area contributed by atoms with E-state index < -0.39 is 6.10 Å². The maximum Gasteiger partial charge on any atom is 0.223 e. The van der Waals surface area contributed by atoms with Crippen LogP contribution in [0.2, 0.25) is 0 Å². The normalized spacial score (nSPS) is 28.6. The van der Waals surface area contributed by atoms with Gasteiger partial charge in [-0.05, 0) is 17.5 Å². The van der Waals surface area contributed by atoms with Crippen LogP contribution in [0, 0.1) is 0 Å². The molecule has 1 N–H and O–H groups in total. The molecule has 2 atom stereocenters. The van der Waals surface area contributed by atoms with Crippen molar-refractivity contribution in [1.82, 2.24) is 4.90 Å². The Morgan fingerprint density at radius 1 is 1.31 bits per heavy atom. The number of aliphatic hydroxyl groups is 1. The largest absolute Gasteiger partial charge is 0.390 e. The van der Waals surface area contributed by atoms with E-state index in [-0.39, 0.29) is 11.9 Å². The lowest BCUT2D eigenvalue weighted by Crippen LogP contribution is -2.35. The molecule has 1 fully saturated rings. The fourth-order valence-corrected chi connectivity index (χ4v) is 2.89. The smallest absolute Gasteiger partial charge is 0.223 e. The van der Waals surface area contributed by atoms with E-state index in [4.69, 9.17) is 0 Å². The van der Waals surface area contributed by atoms with Crippen LogP contribution in [0.3, 0.4) is 0 Å². The van der Waals surface area contributed by atoms with Gasteiger partial charge in [-0.25, -0.2) is 0 Å². The van der Waals surface area contributed by atoms with E-state index in [1.54, 1.807) is 0 Å². The predicted molar refractivity (Wildman–Crippen MR) is 59.8 cm³/mol. The lowest BCUT2D eigenvalue weighted by atomic mass is 10.1. The Morgan fingerprint density at radius 2 is 2.12 bits per heavy atom. The molecule has 0 unspecified atom stereocenters. The first kappa shape index (κ1) is 9.85. The molecule has 1 aromatic carbocycles. The number of carbonyl (C=O) groups is 1. The Kier molecular flexibility index (Phi) is 2.21. The summed E-state index contributed by atoms with van der Waals surface area (Å²) in [5.74, 6) is 0.181. The van der Waals surface area contributed by atoms with Crippen LogP contribution < -0.4 is 0 Å². The number of aliphatic hydroxyl groups excluding tert-OH is 1. The van der Waals surface area contributed by atoms with E-state index in [1.807, 2.05) is 29.2 Å². The van der Waals surface area contributed by atoms with Crippen molar-refractivity contribution in [2.75, 3.05) is 6.54 Å². The van der Waals surface area contributed by atoms with E-state index in [0.29, 0.717) is 12.8 Å². The number of likely N-dealkylation sites (tertiary alicyclic amines) is 1. The van der Waals surface area contributed by atoms with Crippen LogP contribution in [0.15, 0.2) is 24.3 Å². The average molecular weight is 217 g/mol. The molecule has 16 heavy (non-hydrogen) atoms. The minimum atomic E-state index is -0.431. The lowest BCUT2D eigenvalue weighted by Gasteiger charge is -2.27. The molecule has 3 heteroatoms. The SMILES string of the molecule is O=C1CCCN1[C@H]1c2ccccc2C[C@H]1O. The van der Waals surface area contributed by atoms with E-state index in [2.05, 4.69) is 0 Å². The maximum absolute atomic E-state index is 11.7. The summed E-state index contributed by atoms with van der Waals surface area (Å²) in [6, 6.07) is 7.93. The number of hydrogen-bond donors (Lipinski definition) is 1. The van der Waals surface area contributed by atoms with Gasteiger partial charge in [0.2, 0.25) is 5.91 Å². The van der Waals surface area contributed by atoms with Gasteiger partial charge in [0.1, 0.15) is 0 Å². The van der Waals surface area contributed by atoms with Crippen LogP contribution in [0.5, 0.6) is 0 Å². The molecule has 0 bridgehead atoms. The van der Waals surface area contributed by atoms with Gasteiger partial charge in [0.15, 0.2) is 0 Å². The van der Waals surface area contributed by atoms with Crippen LogP contribution in [0.1, 0.15) is 30.0 Å². The number of rotatable bonds is 1. The van der Waals surface area contributed by atoms with Crippen molar-refractivity contribution in [1.29, 1.82) is 0 Å². The summed E-state index contributed by atoms with van der Waals surface area (Å²) in [5.41, 5.74) is 2.31. The average Bonchev–Trinajstić information content (AvgIpc) is 2.81. The van der Waals surface area contributed by atoms with Gasteiger partial charge >= 0.3 is 0 Å². The molecule has 0 radical (unpaired) electrons. The van der Waals surface area contributed by atoms with Crippen molar-refractivity contribution in [2.45, 2.75) is 31.4 Å². The fraction of sp³-hybridized carbons (Fsp3) is 0.462. The molecule has 1 saturated heterocycles. The summed E-state index contributed by atoms with van der Waals surface area (Å²) in [6.45, 7) is 0.787. The van der Waals surface area contributed by atoms with Crippen molar-refractivity contribution >= 4 is 5.91 Å². The third-order valence-corrected chi connectivity index (χ3v) is 3.61. The van der Waals surface area contributed by atoms with Gasteiger partial charge < -0.3 is 10.0 Å². The topological polar surface area (TPSA) is 40.5 Å². The zero-order valence-electron chi connectivity index (χ0n) is 9.10. The summed E-state index contributed by atoms with van der Waals surface area (Å²) < 4.78 is 0. The quantitative estimate of drug-likeness (QED) is 0.769. The number of carbonyl (C=O) groups excluding carboxylic acids is 1. The van der Waals surface area contributed by atoms with Crippen molar-refractivity contribution in [3.05, 3.63) is 35.4 Å². The van der Waals surface area contributed by atoms with Crippen LogP contribution in [0.4, 0.5) is 0 Å². The van der Waals surface area contributed by atoms with E-state index in [1.165, 1.54) is 5.56 Å². The highest BCUT2D eigenvalue weighted by Crippen LogP contribution is 2.37. The molecule has 84 valence electrons. The highest BCUT2D eigenvalue weighted by molar-refractivity contribution is 5.79. The minimum absolute atomic E-state index is 0.105. The monoisotopic (exact) mass is 217 g/mol. The summed E-state index contributed by atoms with van der Waals surface area (Å²) in [4.78, 5) is 13.6. The van der Waals surface area contributed by atoms with Gasteiger partial charge in [-0.1, -0.05) is 24.3 Å². The number of nitrogens with zero attached hydrogens (tertiary/aromatic N) is 1. The van der Waals surface area contributed by atoms with Crippen LogP contribution in [0.25, 0.3) is 0 Å². The number of benzene rings is 1. The Hall–Kier alpha value is -1.35. The Balaban J connectivity index is 1.98. The number of amides is 1. The first-order chi connectivity index (χ1) is 7.77. The predicted octanol–water partition coefficient (Wildman–Crippen LogP) is 1.27. The van der Waals surface area contributed by atoms with Gasteiger partial charge in [-0.15, -0.1) is 0 Å². The van der Waals surface area contributed by atoms with Crippen LogP contribution in [-0.4, -0.2) is 28.6 Å². The second kappa shape index (κ2) is 3.59. The lowest BCUT2D eigenvalue weighted by molar-refractivity contribution is -0.131. The third kappa shape index (κ3) is 1.35. The van der Waals surface area contributed by atoms with Gasteiger partial charge in [-0.2, -0.15) is 0 Å². The molecule has 3 rings (SSSR count). The first-order valence-corrected chi connectivity index (χ1v) is 5.83. The first-order valence-electron chi connectivity index (χ1n) is 5.83. The zero-order valence-corrected chi connectivity index (χ0v) is 9.10. The second-order valence-corrected chi connectivity index (χ2v) is 4.61. The molecule has 0 aromatic heterocycles. The van der Waals surface area contributed by atoms with Gasteiger partial charge in [-0.3, -0.25) is 4.79 Å². The summed E-state index contributed by atoms with van der Waals surface area (Å²) in [6.07, 6.45) is 1.79. The molecular formula is C13H15NO2. The zero-order chi connectivity index (χ0) is 11.1. The standard InChI is InChI=1S/C13H15NO2/c15-11-8-9-4-1-2-5-10(9)13(11)14-7-3-6-12(14)16/h1-2,4-5,11,13,15H,3,6-8H2/t11-,13+/m1/s1. The second-order valence-electron chi connectivity index (χ2n) is 4.61. The molecule has 1 heterocycles. The van der Waals surface area contributed by atoms with Crippen molar-refractivity contribution in [3.8, 4) is 0 Å². The molecule has 2 aliphatic rings. The molecule has 0 spiro atoms. The third-order valence-electron chi connectivity index (χ3n) is 3.61. The Morgan fingerprint density at radius 3 is 2.88 bits per heavy atom. The molecule has 1 amide bonds. The number of hydrogen-bond acceptors (Lipinski definition) is 2. The Labute approximate surface area is 94.7 Å². The molecule has 1 aromatic rings. The van der Waals surface area contributed by atoms with E-state index in [9.17, 15) is 9.90 Å². The highest BCUT2D eigenvalue weighted by atomic mass is 16.3. The van der Waals surface area contributed by atoms with Crippen molar-refractivity contribution < 1.29 is 9.90 Å².